The van der Waals surface area contributed by atoms with Crippen LogP contribution in [-0.4, -0.2) is 56.8 Å². The number of aromatic nitrogens is 5. The summed E-state index contributed by atoms with van der Waals surface area (Å²) in [6.45, 7) is 3.10. The summed E-state index contributed by atoms with van der Waals surface area (Å²) in [7, 11) is 1.53. The summed E-state index contributed by atoms with van der Waals surface area (Å²) in [5, 5.41) is 10.1. The molecule has 3 unspecified atom stereocenters. The van der Waals surface area contributed by atoms with Crippen molar-refractivity contribution in [2.75, 3.05) is 25.1 Å². The van der Waals surface area contributed by atoms with Crippen LogP contribution >= 0.6 is 39.8 Å². The zero-order chi connectivity index (χ0) is 27.1. The molecule has 1 N–H and O–H groups in total. The number of fused-ring (bicyclic) bond motifs is 6. The van der Waals surface area contributed by atoms with Crippen LogP contribution in [0.1, 0.15) is 24.0 Å². The molecular weight excluding hydrogens is 661 g/mol. The van der Waals surface area contributed by atoms with Crippen LogP contribution in [0.5, 0.6) is 6.01 Å². The van der Waals surface area contributed by atoms with Crippen molar-refractivity contribution in [1.82, 2.24) is 29.8 Å². The Bertz CT molecular complexity index is 1760. The van der Waals surface area contributed by atoms with Crippen LogP contribution in [0.25, 0.3) is 42.5 Å². The zero-order valence-corrected chi connectivity index (χ0v) is 24.8. The van der Waals surface area contributed by atoms with Crippen LogP contribution < -0.4 is 15.0 Å². The molecule has 2 aliphatic heterocycles. The Labute approximate surface area is 239 Å². The van der Waals surface area contributed by atoms with Crippen molar-refractivity contribution in [3.63, 3.8) is 0 Å². The molecule has 7 rings (SSSR count). The largest absolute Gasteiger partial charge is 0.467 e. The number of hydrogen-bond donors (Lipinski definition) is 1. The summed E-state index contributed by atoms with van der Waals surface area (Å²) < 4.78 is 51.6. The van der Waals surface area contributed by atoms with Crippen LogP contribution in [0, 0.1) is 6.92 Å². The second-order valence-corrected chi connectivity index (χ2v) is 12.9. The van der Waals surface area contributed by atoms with E-state index in [0.717, 1.165) is 42.5 Å². The van der Waals surface area contributed by atoms with Crippen molar-refractivity contribution in [2.24, 2.45) is 0 Å². The lowest BCUT2D eigenvalue weighted by Crippen LogP contribution is -2.51. The van der Waals surface area contributed by atoms with Crippen LogP contribution in [0.2, 0.25) is 0 Å². The third-order valence-corrected chi connectivity index (χ3v) is 10.6. The molecular formula is C25H22F3IN7OPS. The second kappa shape index (κ2) is 9.35. The number of nitrogens with one attached hydrogen (secondary N) is 1. The number of piperazine rings is 1. The van der Waals surface area contributed by atoms with Crippen molar-refractivity contribution in [1.29, 1.82) is 0 Å². The minimum absolute atomic E-state index is 0.0530. The number of aryl methyl sites for hydroxylation is 1. The highest BCUT2D eigenvalue weighted by Crippen LogP contribution is 2.49. The van der Waals surface area contributed by atoms with E-state index in [-0.39, 0.29) is 29.2 Å². The molecule has 202 valence electrons. The van der Waals surface area contributed by atoms with Gasteiger partial charge in [0.25, 0.3) is 0 Å². The van der Waals surface area contributed by atoms with E-state index in [4.69, 9.17) is 9.72 Å². The van der Waals surface area contributed by atoms with Gasteiger partial charge in [-0.05, 0) is 59.5 Å². The molecule has 0 spiro atoms. The summed E-state index contributed by atoms with van der Waals surface area (Å²) in [4.78, 5) is 16.9. The molecule has 5 aromatic rings. The van der Waals surface area contributed by atoms with Gasteiger partial charge in [-0.15, -0.1) is 11.3 Å². The number of nitrogens with zero attached hydrogens (tertiary/aromatic N) is 6. The predicted molar refractivity (Wildman–Crippen MR) is 158 cm³/mol. The fraction of sp³-hybridized carbons (Fsp3) is 0.360. The van der Waals surface area contributed by atoms with Gasteiger partial charge < -0.3 is 15.0 Å². The topological polar surface area (TPSA) is 81.0 Å². The van der Waals surface area contributed by atoms with Crippen molar-refractivity contribution >= 4 is 76.8 Å². The van der Waals surface area contributed by atoms with Crippen LogP contribution in [0.15, 0.2) is 24.5 Å². The normalized spacial score (nSPS) is 19.9. The Kier molecular flexibility index (Phi) is 6.14. The monoisotopic (exact) mass is 683 g/mol. The van der Waals surface area contributed by atoms with Gasteiger partial charge in [0.1, 0.15) is 10.6 Å². The van der Waals surface area contributed by atoms with Crippen molar-refractivity contribution < 1.29 is 17.9 Å². The Morgan fingerprint density at radius 3 is 2.64 bits per heavy atom. The van der Waals surface area contributed by atoms with Gasteiger partial charge in [0, 0.05) is 47.7 Å². The van der Waals surface area contributed by atoms with Crippen LogP contribution in [0.4, 0.5) is 19.0 Å². The summed E-state index contributed by atoms with van der Waals surface area (Å²) in [6, 6.07) is 4.42. The number of anilines is 1. The lowest BCUT2D eigenvalue weighted by molar-refractivity contribution is -0.137. The van der Waals surface area contributed by atoms with Gasteiger partial charge in [-0.1, -0.05) is 0 Å². The smallest absolute Gasteiger partial charge is 0.417 e. The van der Waals surface area contributed by atoms with E-state index < -0.39 is 11.7 Å². The Morgan fingerprint density at radius 1 is 1.18 bits per heavy atom. The number of thiophene rings is 1. The number of ether oxygens (including phenoxy) is 1. The van der Waals surface area contributed by atoms with E-state index in [1.165, 1.54) is 31.6 Å². The summed E-state index contributed by atoms with van der Waals surface area (Å²) in [6.07, 6.45) is 0.998. The highest BCUT2D eigenvalue weighted by Gasteiger charge is 2.39. The number of methoxy groups -OCH3 is 1. The molecule has 2 bridgehead atoms. The first-order chi connectivity index (χ1) is 18.8. The molecule has 0 saturated carbocycles. The maximum atomic E-state index is 14.6. The van der Waals surface area contributed by atoms with E-state index in [1.54, 1.807) is 16.7 Å². The molecule has 0 amide bonds. The molecule has 2 saturated heterocycles. The standard InChI is InChI=1S/C25H22F3IN7OPS/c1-11-7-16-15(8-31-36(16)38-29)17(19(11)25(26,27)28)20-21-14(5-6-30-20)18-22(33-24(37-2)34-23(18)39-21)35-9-12-3-4-13(10-35)32-12/h5-8,12-13,32,38H,3-4,9-10H2,1-2H3. The molecule has 14 heteroatoms. The number of hydrogen-bond acceptors (Lipinski definition) is 8. The van der Waals surface area contributed by atoms with Gasteiger partial charge in [0.15, 0.2) is 0 Å². The molecule has 4 aromatic heterocycles. The summed E-state index contributed by atoms with van der Waals surface area (Å²) >= 11 is 3.50. The number of pyridine rings is 1. The number of rotatable bonds is 4. The maximum absolute atomic E-state index is 14.6. The quantitative estimate of drug-likeness (QED) is 0.175. The van der Waals surface area contributed by atoms with Crippen LogP contribution in [0.3, 0.4) is 0 Å². The number of benzene rings is 1. The van der Waals surface area contributed by atoms with E-state index in [0.29, 0.717) is 32.5 Å². The lowest BCUT2D eigenvalue weighted by atomic mass is 9.94. The number of halogens is 4. The highest BCUT2D eigenvalue weighted by atomic mass is 127. The third-order valence-electron chi connectivity index (χ3n) is 7.58. The third kappa shape index (κ3) is 4.07. The molecule has 6 heterocycles. The fourth-order valence-corrected chi connectivity index (χ4v) is 8.69. The SMILES string of the molecule is COc1nc(N2CC3CCC(C2)N3)c2c(n1)sc1c(-c3c(C(F)(F)F)c(C)cc4c3cnn4PI)nccc12. The van der Waals surface area contributed by atoms with Gasteiger partial charge in [-0.3, -0.25) is 4.98 Å². The zero-order valence-electron chi connectivity index (χ0n) is 20.8. The first kappa shape index (κ1) is 25.6. The average molecular weight is 683 g/mol. The molecule has 39 heavy (non-hydrogen) atoms. The van der Waals surface area contributed by atoms with Gasteiger partial charge in [-0.25, -0.2) is 4.45 Å². The Hall–Kier alpha value is -2.35. The minimum atomic E-state index is -4.57. The highest BCUT2D eigenvalue weighted by molar-refractivity contribution is 14.2. The minimum Gasteiger partial charge on any atom is -0.467 e. The molecule has 8 nitrogen and oxygen atoms in total. The fourth-order valence-electron chi connectivity index (χ4n) is 6.01. The Balaban J connectivity index is 1.54. The average Bonchev–Trinajstić information content (AvgIpc) is 3.60. The van der Waals surface area contributed by atoms with Gasteiger partial charge in [-0.2, -0.15) is 28.2 Å². The van der Waals surface area contributed by atoms with E-state index in [2.05, 4.69) is 47.3 Å². The summed E-state index contributed by atoms with van der Waals surface area (Å²) in [5.74, 6) is 0.753. The lowest BCUT2D eigenvalue weighted by Gasteiger charge is -2.34. The Morgan fingerprint density at radius 2 is 1.95 bits per heavy atom. The predicted octanol–water partition coefficient (Wildman–Crippen LogP) is 6.32. The van der Waals surface area contributed by atoms with Crippen LogP contribution in [-0.2, 0) is 6.18 Å². The van der Waals surface area contributed by atoms with Crippen molar-refractivity contribution in [3.8, 4) is 17.3 Å². The van der Waals surface area contributed by atoms with E-state index in [9.17, 15) is 13.2 Å². The number of alkyl halides is 3. The van der Waals surface area contributed by atoms with Gasteiger partial charge >= 0.3 is 12.2 Å². The molecule has 1 aromatic carbocycles. The van der Waals surface area contributed by atoms with E-state index in [1.807, 2.05) is 6.07 Å². The molecule has 0 radical (unpaired) electrons. The van der Waals surface area contributed by atoms with Gasteiger partial charge in [0.2, 0.25) is 0 Å². The maximum Gasteiger partial charge on any atom is 0.417 e. The first-order valence-electron chi connectivity index (χ1n) is 12.4. The second-order valence-electron chi connectivity index (χ2n) is 9.91. The first-order valence-corrected chi connectivity index (χ1v) is 17.2. The summed E-state index contributed by atoms with van der Waals surface area (Å²) in [5.41, 5.74) is 0.433. The molecule has 3 atom stereocenters. The molecule has 0 aliphatic carbocycles. The van der Waals surface area contributed by atoms with Crippen molar-refractivity contribution in [3.05, 3.63) is 35.7 Å². The molecule has 2 fully saturated rings. The van der Waals surface area contributed by atoms with Gasteiger partial charge in [0.05, 0.1) is 46.5 Å². The molecule has 2 aliphatic rings. The van der Waals surface area contributed by atoms with Crippen molar-refractivity contribution in [2.45, 2.75) is 38.0 Å². The van der Waals surface area contributed by atoms with E-state index >= 15 is 0 Å².